The van der Waals surface area contributed by atoms with Gasteiger partial charge in [0.25, 0.3) is 0 Å². The SMILES string of the molecule is CCCN1CCC(CNC(=NCC(O)c2cc3ccccc3s2)NCC)CC1.I. The van der Waals surface area contributed by atoms with E-state index in [9.17, 15) is 5.11 Å². The highest BCUT2D eigenvalue weighted by atomic mass is 127. The van der Waals surface area contributed by atoms with Crippen LogP contribution in [-0.2, 0) is 0 Å². The molecule has 29 heavy (non-hydrogen) atoms. The van der Waals surface area contributed by atoms with Crippen molar-refractivity contribution < 1.29 is 5.11 Å². The third-order valence-electron chi connectivity index (χ3n) is 5.34. The second-order valence-electron chi connectivity index (χ2n) is 7.59. The molecule has 1 unspecified atom stereocenters. The fourth-order valence-corrected chi connectivity index (χ4v) is 4.79. The number of nitrogens with zero attached hydrogens (tertiary/aromatic N) is 2. The predicted molar refractivity (Wildman–Crippen MR) is 136 cm³/mol. The summed E-state index contributed by atoms with van der Waals surface area (Å²) in [6.45, 7) is 10.1. The predicted octanol–water partition coefficient (Wildman–Crippen LogP) is 4.23. The van der Waals surface area contributed by atoms with Gasteiger partial charge in [0, 0.05) is 22.7 Å². The van der Waals surface area contributed by atoms with Crippen molar-refractivity contribution in [3.05, 3.63) is 35.2 Å². The Labute approximate surface area is 196 Å². The molecular weight excluding hydrogens is 495 g/mol. The fourth-order valence-electron chi connectivity index (χ4n) is 3.75. The smallest absolute Gasteiger partial charge is 0.191 e. The van der Waals surface area contributed by atoms with Crippen LogP contribution < -0.4 is 10.6 Å². The highest BCUT2D eigenvalue weighted by Crippen LogP contribution is 2.29. The molecule has 5 nitrogen and oxygen atoms in total. The summed E-state index contributed by atoms with van der Waals surface area (Å²) in [5, 5.41) is 18.6. The minimum atomic E-state index is -0.565. The number of rotatable bonds is 8. The molecule has 7 heteroatoms. The third-order valence-corrected chi connectivity index (χ3v) is 6.56. The van der Waals surface area contributed by atoms with E-state index in [1.807, 2.05) is 12.1 Å². The van der Waals surface area contributed by atoms with Gasteiger partial charge in [0.15, 0.2) is 5.96 Å². The average molecular weight is 531 g/mol. The first-order chi connectivity index (χ1) is 13.7. The van der Waals surface area contributed by atoms with Crippen LogP contribution in [0.2, 0.25) is 0 Å². The van der Waals surface area contributed by atoms with Gasteiger partial charge >= 0.3 is 0 Å². The van der Waals surface area contributed by atoms with E-state index in [1.165, 1.54) is 49.0 Å². The summed E-state index contributed by atoms with van der Waals surface area (Å²) in [6.07, 6.45) is 3.17. The molecule has 2 aromatic rings. The van der Waals surface area contributed by atoms with E-state index in [4.69, 9.17) is 0 Å². The summed E-state index contributed by atoms with van der Waals surface area (Å²) >= 11 is 1.65. The first-order valence-corrected chi connectivity index (χ1v) is 11.4. The van der Waals surface area contributed by atoms with Crippen LogP contribution in [0.1, 0.15) is 44.1 Å². The van der Waals surface area contributed by atoms with Crippen molar-refractivity contribution in [1.82, 2.24) is 15.5 Å². The first-order valence-electron chi connectivity index (χ1n) is 10.6. The Morgan fingerprint density at radius 2 is 2.00 bits per heavy atom. The summed E-state index contributed by atoms with van der Waals surface area (Å²) in [7, 11) is 0. The Kier molecular flexibility index (Phi) is 10.7. The summed E-state index contributed by atoms with van der Waals surface area (Å²) in [6, 6.07) is 10.3. The number of benzene rings is 1. The number of likely N-dealkylation sites (tertiary alicyclic amines) is 1. The molecule has 1 fully saturated rings. The molecule has 0 bridgehead atoms. The van der Waals surface area contributed by atoms with E-state index in [0.29, 0.717) is 12.5 Å². The van der Waals surface area contributed by atoms with Gasteiger partial charge in [0.05, 0.1) is 6.54 Å². The summed E-state index contributed by atoms with van der Waals surface area (Å²) in [5.41, 5.74) is 0. The topological polar surface area (TPSA) is 59.9 Å². The van der Waals surface area contributed by atoms with Gasteiger partial charge in [-0.1, -0.05) is 25.1 Å². The lowest BCUT2D eigenvalue weighted by Gasteiger charge is -2.32. The molecule has 0 saturated carbocycles. The maximum absolute atomic E-state index is 10.6. The third kappa shape index (κ3) is 7.38. The maximum atomic E-state index is 10.6. The number of nitrogens with one attached hydrogen (secondary N) is 2. The minimum Gasteiger partial charge on any atom is -0.386 e. The highest BCUT2D eigenvalue weighted by Gasteiger charge is 2.19. The molecule has 1 aromatic carbocycles. The van der Waals surface area contributed by atoms with Crippen LogP contribution in [0.4, 0.5) is 0 Å². The zero-order chi connectivity index (χ0) is 19.8. The Morgan fingerprint density at radius 1 is 1.24 bits per heavy atom. The highest BCUT2D eigenvalue weighted by molar-refractivity contribution is 14.0. The molecule has 1 aliphatic heterocycles. The van der Waals surface area contributed by atoms with Crippen molar-refractivity contribution in [1.29, 1.82) is 0 Å². The first kappa shape index (κ1) is 24.4. The van der Waals surface area contributed by atoms with Gasteiger partial charge in [-0.25, -0.2) is 0 Å². The van der Waals surface area contributed by atoms with Gasteiger partial charge in [-0.15, -0.1) is 35.3 Å². The van der Waals surface area contributed by atoms with Gasteiger partial charge in [0.2, 0.25) is 0 Å². The van der Waals surface area contributed by atoms with Gasteiger partial charge in [-0.2, -0.15) is 0 Å². The number of hydrogen-bond donors (Lipinski definition) is 3. The summed E-state index contributed by atoms with van der Waals surface area (Å²) in [4.78, 5) is 8.17. The number of fused-ring (bicyclic) bond motifs is 1. The van der Waals surface area contributed by atoms with Gasteiger partial charge in [0.1, 0.15) is 6.10 Å². The molecule has 162 valence electrons. The number of aliphatic imine (C=N–C) groups is 1. The number of guanidine groups is 1. The van der Waals surface area contributed by atoms with Crippen LogP contribution in [0, 0.1) is 5.92 Å². The molecule has 1 aliphatic rings. The van der Waals surface area contributed by atoms with E-state index >= 15 is 0 Å². The van der Waals surface area contributed by atoms with Crippen molar-refractivity contribution in [3.63, 3.8) is 0 Å². The van der Waals surface area contributed by atoms with Crippen LogP contribution >= 0.6 is 35.3 Å². The number of aliphatic hydroxyl groups excluding tert-OH is 1. The van der Waals surface area contributed by atoms with Gasteiger partial charge in [-0.05, 0) is 69.3 Å². The number of halogens is 1. The van der Waals surface area contributed by atoms with Gasteiger partial charge < -0.3 is 20.6 Å². The van der Waals surface area contributed by atoms with Crippen molar-refractivity contribution in [2.75, 3.05) is 39.3 Å². The van der Waals surface area contributed by atoms with Gasteiger partial charge in [-0.3, -0.25) is 4.99 Å². The maximum Gasteiger partial charge on any atom is 0.191 e. The van der Waals surface area contributed by atoms with E-state index in [2.05, 4.69) is 52.6 Å². The van der Waals surface area contributed by atoms with Crippen molar-refractivity contribution in [2.24, 2.45) is 10.9 Å². The fraction of sp³-hybridized carbons (Fsp3) is 0.591. The van der Waals surface area contributed by atoms with Crippen LogP contribution in [0.3, 0.4) is 0 Å². The lowest BCUT2D eigenvalue weighted by Crippen LogP contribution is -2.43. The van der Waals surface area contributed by atoms with Crippen molar-refractivity contribution in [2.45, 2.75) is 39.2 Å². The normalized spacial score (nSPS) is 17.1. The quantitative estimate of drug-likeness (QED) is 0.272. The zero-order valence-electron chi connectivity index (χ0n) is 17.6. The lowest BCUT2D eigenvalue weighted by molar-refractivity contribution is 0.185. The molecule has 0 amide bonds. The molecule has 0 aliphatic carbocycles. The minimum absolute atomic E-state index is 0. The summed E-state index contributed by atoms with van der Waals surface area (Å²) < 4.78 is 1.21. The van der Waals surface area contributed by atoms with E-state index < -0.39 is 6.10 Å². The molecule has 2 heterocycles. The molecule has 3 rings (SSSR count). The summed E-state index contributed by atoms with van der Waals surface area (Å²) in [5.74, 6) is 1.50. The Morgan fingerprint density at radius 3 is 2.69 bits per heavy atom. The second kappa shape index (κ2) is 12.7. The number of piperidine rings is 1. The Hall–Kier alpha value is -0.900. The monoisotopic (exact) mass is 530 g/mol. The standard InChI is InChI=1S/C22H34N4OS.HI/c1-3-11-26-12-9-17(10-13-26)15-24-22(23-4-2)25-16-19(27)21-14-18-7-5-6-8-20(18)28-21;/h5-8,14,17,19,27H,3-4,9-13,15-16H2,1-2H3,(H2,23,24,25);1H. The van der Waals surface area contributed by atoms with Crippen molar-refractivity contribution >= 4 is 51.4 Å². The largest absolute Gasteiger partial charge is 0.386 e. The number of thiophene rings is 1. The average Bonchev–Trinajstić information content (AvgIpc) is 3.15. The van der Waals surface area contributed by atoms with Crippen LogP contribution in [-0.4, -0.2) is 55.2 Å². The molecule has 3 N–H and O–H groups in total. The van der Waals surface area contributed by atoms with Crippen LogP contribution in [0.5, 0.6) is 0 Å². The molecule has 1 atom stereocenters. The number of hydrogen-bond acceptors (Lipinski definition) is 4. The molecule has 0 spiro atoms. The Bertz CT molecular complexity index is 725. The second-order valence-corrected chi connectivity index (χ2v) is 8.70. The van der Waals surface area contributed by atoms with E-state index in [1.54, 1.807) is 11.3 Å². The molecule has 1 saturated heterocycles. The molecule has 1 aromatic heterocycles. The molecular formula is C22H35IN4OS. The van der Waals surface area contributed by atoms with Crippen LogP contribution in [0.15, 0.2) is 35.3 Å². The van der Waals surface area contributed by atoms with E-state index in [0.717, 1.165) is 23.9 Å². The number of aliphatic hydroxyl groups is 1. The lowest BCUT2D eigenvalue weighted by atomic mass is 9.97. The van der Waals surface area contributed by atoms with E-state index in [-0.39, 0.29) is 24.0 Å². The molecule has 0 radical (unpaired) electrons. The van der Waals surface area contributed by atoms with Crippen molar-refractivity contribution in [3.8, 4) is 0 Å². The zero-order valence-corrected chi connectivity index (χ0v) is 20.7. The Balaban J connectivity index is 0.00000300. The van der Waals surface area contributed by atoms with Crippen LogP contribution in [0.25, 0.3) is 10.1 Å².